The Bertz CT molecular complexity index is 775. The predicted molar refractivity (Wildman–Crippen MR) is 118 cm³/mol. The molecule has 2 N–H and O–H groups in total. The molecule has 5 nitrogen and oxygen atoms in total. The van der Waals surface area contributed by atoms with Crippen molar-refractivity contribution in [2.45, 2.75) is 19.8 Å². The van der Waals surface area contributed by atoms with E-state index < -0.39 is 0 Å². The quantitative estimate of drug-likeness (QED) is 0.572. The molecule has 0 aromatic heterocycles. The number of hydrogen-bond acceptors (Lipinski definition) is 3. The van der Waals surface area contributed by atoms with E-state index in [4.69, 9.17) is 4.74 Å². The molecule has 1 unspecified atom stereocenters. The third kappa shape index (κ3) is 5.41. The van der Waals surface area contributed by atoms with Gasteiger partial charge < -0.3 is 20.3 Å². The monoisotopic (exact) mass is 380 g/mol. The van der Waals surface area contributed by atoms with E-state index in [-0.39, 0.29) is 0 Å². The number of nitrogens with zero attached hydrogens (tertiary/aromatic N) is 2. The maximum atomic E-state index is 5.47. The number of ether oxygens (including phenoxy) is 1. The first kappa shape index (κ1) is 20.1. The minimum atomic E-state index is 0.635. The van der Waals surface area contributed by atoms with E-state index in [1.54, 1.807) is 7.11 Å². The first-order valence-electron chi connectivity index (χ1n) is 10.1. The molecule has 5 heteroatoms. The van der Waals surface area contributed by atoms with Crippen LogP contribution in [0.5, 0.6) is 5.75 Å². The van der Waals surface area contributed by atoms with Crippen molar-refractivity contribution < 1.29 is 4.74 Å². The Kier molecular flexibility index (Phi) is 7.18. The molecule has 1 aliphatic rings. The Morgan fingerprint density at radius 1 is 1.18 bits per heavy atom. The molecular weight excluding hydrogens is 348 g/mol. The highest BCUT2D eigenvalue weighted by Crippen LogP contribution is 2.23. The van der Waals surface area contributed by atoms with E-state index in [0.29, 0.717) is 5.92 Å². The lowest BCUT2D eigenvalue weighted by Crippen LogP contribution is -2.41. The smallest absolute Gasteiger partial charge is 0.190 e. The van der Waals surface area contributed by atoms with Crippen LogP contribution in [0.1, 0.15) is 17.5 Å². The maximum Gasteiger partial charge on any atom is 0.190 e. The van der Waals surface area contributed by atoms with Crippen molar-refractivity contribution in [3.8, 4) is 5.75 Å². The molecule has 1 atom stereocenters. The summed E-state index contributed by atoms with van der Waals surface area (Å²) in [6.45, 7) is 6.08. The topological polar surface area (TPSA) is 48.9 Å². The van der Waals surface area contributed by atoms with Gasteiger partial charge in [0.15, 0.2) is 5.96 Å². The maximum absolute atomic E-state index is 5.47. The molecule has 0 radical (unpaired) electrons. The summed E-state index contributed by atoms with van der Waals surface area (Å²) in [5, 5.41) is 6.92. The van der Waals surface area contributed by atoms with E-state index in [9.17, 15) is 0 Å². The van der Waals surface area contributed by atoms with Gasteiger partial charge in [-0.15, -0.1) is 0 Å². The van der Waals surface area contributed by atoms with Crippen LogP contribution in [0.25, 0.3) is 0 Å². The third-order valence-corrected chi connectivity index (χ3v) is 5.31. The molecular formula is C23H32N4O. The summed E-state index contributed by atoms with van der Waals surface area (Å²) in [5.41, 5.74) is 3.79. The van der Waals surface area contributed by atoms with E-state index >= 15 is 0 Å². The highest BCUT2D eigenvalue weighted by molar-refractivity contribution is 5.79. The zero-order valence-electron chi connectivity index (χ0n) is 17.2. The number of para-hydroxylation sites is 1. The molecule has 0 aliphatic carbocycles. The molecule has 1 saturated heterocycles. The summed E-state index contributed by atoms with van der Waals surface area (Å²) in [6, 6.07) is 17.0. The second-order valence-corrected chi connectivity index (χ2v) is 7.38. The standard InChI is InChI=1S/C23H32N4O/c1-18-9-10-22(28-3)20(15-18)11-13-25-23(24-2)26-16-19-12-14-27(17-19)21-7-5-4-6-8-21/h4-10,15,19H,11-14,16-17H2,1-3H3,(H2,24,25,26). The van der Waals surface area contributed by atoms with Crippen molar-refractivity contribution in [3.63, 3.8) is 0 Å². The Morgan fingerprint density at radius 2 is 2.00 bits per heavy atom. The van der Waals surface area contributed by atoms with Crippen LogP contribution < -0.4 is 20.3 Å². The van der Waals surface area contributed by atoms with E-state index in [1.807, 2.05) is 13.1 Å². The Morgan fingerprint density at radius 3 is 2.75 bits per heavy atom. The number of anilines is 1. The number of hydrogen-bond donors (Lipinski definition) is 2. The minimum absolute atomic E-state index is 0.635. The SMILES string of the molecule is CN=C(NCCc1cc(C)ccc1OC)NCC1CCN(c2ccccc2)C1. The lowest BCUT2D eigenvalue weighted by molar-refractivity contribution is 0.409. The summed E-state index contributed by atoms with van der Waals surface area (Å²) in [4.78, 5) is 6.83. The summed E-state index contributed by atoms with van der Waals surface area (Å²) in [6.07, 6.45) is 2.11. The highest BCUT2D eigenvalue weighted by Gasteiger charge is 2.22. The van der Waals surface area contributed by atoms with Crippen molar-refractivity contribution in [1.82, 2.24) is 10.6 Å². The van der Waals surface area contributed by atoms with Gasteiger partial charge in [-0.2, -0.15) is 0 Å². The summed E-state index contributed by atoms with van der Waals surface area (Å²) < 4.78 is 5.47. The number of nitrogens with one attached hydrogen (secondary N) is 2. The Balaban J connectivity index is 1.42. The fraction of sp³-hybridized carbons (Fsp3) is 0.435. The minimum Gasteiger partial charge on any atom is -0.496 e. The van der Waals surface area contributed by atoms with Crippen LogP contribution in [-0.2, 0) is 6.42 Å². The lowest BCUT2D eigenvalue weighted by Gasteiger charge is -2.19. The van der Waals surface area contributed by atoms with Crippen molar-refractivity contribution in [3.05, 3.63) is 59.7 Å². The second-order valence-electron chi connectivity index (χ2n) is 7.38. The normalized spacial score (nSPS) is 16.9. The fourth-order valence-corrected chi connectivity index (χ4v) is 3.75. The zero-order chi connectivity index (χ0) is 19.8. The van der Waals surface area contributed by atoms with Crippen LogP contribution >= 0.6 is 0 Å². The molecule has 0 saturated carbocycles. The molecule has 0 bridgehead atoms. The molecule has 0 amide bonds. The number of rotatable bonds is 7. The van der Waals surface area contributed by atoms with E-state index in [1.165, 1.54) is 23.2 Å². The van der Waals surface area contributed by atoms with Gasteiger partial charge in [0.1, 0.15) is 5.75 Å². The average molecular weight is 381 g/mol. The van der Waals surface area contributed by atoms with Gasteiger partial charge in [0.05, 0.1) is 7.11 Å². The number of methoxy groups -OCH3 is 1. The lowest BCUT2D eigenvalue weighted by atomic mass is 10.1. The molecule has 150 valence electrons. The third-order valence-electron chi connectivity index (χ3n) is 5.31. The number of benzene rings is 2. The van der Waals surface area contributed by atoms with Crippen molar-refractivity contribution >= 4 is 11.6 Å². The van der Waals surface area contributed by atoms with Gasteiger partial charge in [-0.05, 0) is 49.4 Å². The molecule has 1 heterocycles. The average Bonchev–Trinajstić information content (AvgIpc) is 3.20. The Labute approximate surface area is 168 Å². The predicted octanol–water partition coefficient (Wildman–Crippen LogP) is 3.24. The van der Waals surface area contributed by atoms with Crippen molar-refractivity contribution in [1.29, 1.82) is 0 Å². The number of guanidine groups is 1. The molecule has 1 aliphatic heterocycles. The number of aryl methyl sites for hydroxylation is 1. The second kappa shape index (κ2) is 10.0. The highest BCUT2D eigenvalue weighted by atomic mass is 16.5. The first-order valence-corrected chi connectivity index (χ1v) is 10.1. The van der Waals surface area contributed by atoms with Gasteiger partial charge in [-0.25, -0.2) is 0 Å². The van der Waals surface area contributed by atoms with Gasteiger partial charge in [0.2, 0.25) is 0 Å². The van der Waals surface area contributed by atoms with Gasteiger partial charge in [0, 0.05) is 38.9 Å². The van der Waals surface area contributed by atoms with Crippen molar-refractivity contribution in [2.75, 3.05) is 45.2 Å². The van der Waals surface area contributed by atoms with Crippen LogP contribution in [0, 0.1) is 12.8 Å². The van der Waals surface area contributed by atoms with Crippen molar-refractivity contribution in [2.24, 2.45) is 10.9 Å². The summed E-state index contributed by atoms with van der Waals surface area (Å²) in [5.74, 6) is 2.45. The van der Waals surface area contributed by atoms with Crippen LogP contribution in [0.4, 0.5) is 5.69 Å². The Hall–Kier alpha value is -2.69. The van der Waals surface area contributed by atoms with Crippen LogP contribution in [0.2, 0.25) is 0 Å². The van der Waals surface area contributed by atoms with Gasteiger partial charge in [-0.1, -0.05) is 35.9 Å². The van der Waals surface area contributed by atoms with Gasteiger partial charge in [0.25, 0.3) is 0 Å². The van der Waals surface area contributed by atoms with E-state index in [0.717, 1.165) is 44.3 Å². The first-order chi connectivity index (χ1) is 13.7. The van der Waals surface area contributed by atoms with Gasteiger partial charge in [-0.3, -0.25) is 4.99 Å². The van der Waals surface area contributed by atoms with Crippen LogP contribution in [0.15, 0.2) is 53.5 Å². The fourth-order valence-electron chi connectivity index (χ4n) is 3.75. The van der Waals surface area contributed by atoms with Gasteiger partial charge >= 0.3 is 0 Å². The molecule has 28 heavy (non-hydrogen) atoms. The summed E-state index contributed by atoms with van der Waals surface area (Å²) in [7, 11) is 3.55. The van der Waals surface area contributed by atoms with E-state index in [2.05, 4.69) is 69.9 Å². The molecule has 3 rings (SSSR count). The van der Waals surface area contributed by atoms with Crippen LogP contribution in [0.3, 0.4) is 0 Å². The molecule has 1 fully saturated rings. The summed E-state index contributed by atoms with van der Waals surface area (Å²) >= 11 is 0. The number of aliphatic imine (C=N–C) groups is 1. The molecule has 2 aromatic carbocycles. The zero-order valence-corrected chi connectivity index (χ0v) is 17.2. The van der Waals surface area contributed by atoms with Crippen LogP contribution in [-0.4, -0.2) is 46.3 Å². The molecule has 0 spiro atoms. The largest absolute Gasteiger partial charge is 0.496 e. The molecule has 2 aromatic rings.